The summed E-state index contributed by atoms with van der Waals surface area (Å²) >= 11 is 1.38. The predicted octanol–water partition coefficient (Wildman–Crippen LogP) is 2.53. The van der Waals surface area contributed by atoms with E-state index in [-0.39, 0.29) is 24.4 Å². The van der Waals surface area contributed by atoms with E-state index in [1.54, 1.807) is 19.6 Å². The second-order valence-electron chi connectivity index (χ2n) is 4.64. The van der Waals surface area contributed by atoms with E-state index < -0.39 is 0 Å². The molecule has 1 atom stereocenters. The Kier molecular flexibility index (Phi) is 7.28. The van der Waals surface area contributed by atoms with Crippen LogP contribution in [0.5, 0.6) is 11.5 Å². The maximum atomic E-state index is 12.2. The zero-order valence-electron chi connectivity index (χ0n) is 13.2. The largest absolute Gasteiger partial charge is 0.493 e. The molecule has 0 fully saturated rings. The van der Waals surface area contributed by atoms with E-state index in [4.69, 9.17) is 15.2 Å². The number of thiazole rings is 1. The average Bonchev–Trinajstić information content (AvgIpc) is 3.03. The quantitative estimate of drug-likeness (QED) is 0.829. The van der Waals surface area contributed by atoms with Gasteiger partial charge in [0, 0.05) is 11.9 Å². The molecule has 0 bridgehead atoms. The monoisotopic (exact) mass is 357 g/mol. The van der Waals surface area contributed by atoms with Crippen molar-refractivity contribution in [3.05, 3.63) is 39.8 Å². The SMILES string of the molecule is COc1ccc(C(C)NC(=O)c2csc(CN)n2)cc1OC.Cl. The lowest BCUT2D eigenvalue weighted by atomic mass is 10.1. The molecule has 1 heterocycles. The van der Waals surface area contributed by atoms with Crippen LogP contribution < -0.4 is 20.5 Å². The molecule has 0 aliphatic rings. The summed E-state index contributed by atoms with van der Waals surface area (Å²) in [5.41, 5.74) is 6.81. The maximum Gasteiger partial charge on any atom is 0.271 e. The summed E-state index contributed by atoms with van der Waals surface area (Å²) in [6.07, 6.45) is 0. The first-order valence-electron chi connectivity index (χ1n) is 6.76. The zero-order valence-corrected chi connectivity index (χ0v) is 14.8. The Morgan fingerprint density at radius 1 is 1.35 bits per heavy atom. The van der Waals surface area contributed by atoms with Gasteiger partial charge in [0.1, 0.15) is 10.7 Å². The highest BCUT2D eigenvalue weighted by molar-refractivity contribution is 7.09. The molecule has 1 aromatic carbocycles. The summed E-state index contributed by atoms with van der Waals surface area (Å²) in [5.74, 6) is 1.05. The lowest BCUT2D eigenvalue weighted by Gasteiger charge is -2.16. The summed E-state index contributed by atoms with van der Waals surface area (Å²) in [5, 5.41) is 5.35. The van der Waals surface area contributed by atoms with Crippen molar-refractivity contribution < 1.29 is 14.3 Å². The van der Waals surface area contributed by atoms with Crippen LogP contribution in [-0.4, -0.2) is 25.1 Å². The van der Waals surface area contributed by atoms with Crippen LogP contribution in [-0.2, 0) is 6.54 Å². The predicted molar refractivity (Wildman–Crippen MR) is 92.7 cm³/mol. The van der Waals surface area contributed by atoms with E-state index in [9.17, 15) is 4.79 Å². The van der Waals surface area contributed by atoms with Crippen LogP contribution in [0.15, 0.2) is 23.6 Å². The summed E-state index contributed by atoms with van der Waals surface area (Å²) in [7, 11) is 3.16. The van der Waals surface area contributed by atoms with Crippen LogP contribution >= 0.6 is 23.7 Å². The number of aromatic nitrogens is 1. The van der Waals surface area contributed by atoms with Crippen LogP contribution in [0, 0.1) is 0 Å². The number of ether oxygens (including phenoxy) is 2. The molecule has 1 unspecified atom stereocenters. The number of nitrogens with one attached hydrogen (secondary N) is 1. The van der Waals surface area contributed by atoms with Crippen LogP contribution in [0.3, 0.4) is 0 Å². The number of benzene rings is 1. The molecule has 0 radical (unpaired) electrons. The minimum absolute atomic E-state index is 0. The summed E-state index contributed by atoms with van der Waals surface area (Å²) in [6, 6.07) is 5.36. The number of methoxy groups -OCH3 is 2. The molecule has 0 spiro atoms. The molecule has 0 aliphatic carbocycles. The fraction of sp³-hybridized carbons (Fsp3) is 0.333. The molecule has 3 N–H and O–H groups in total. The molecule has 1 aromatic heterocycles. The minimum atomic E-state index is -0.224. The number of nitrogens with zero attached hydrogens (tertiary/aromatic N) is 1. The van der Waals surface area contributed by atoms with Gasteiger partial charge in [-0.05, 0) is 24.6 Å². The van der Waals surface area contributed by atoms with Crippen molar-refractivity contribution in [2.45, 2.75) is 19.5 Å². The van der Waals surface area contributed by atoms with Gasteiger partial charge in [0.05, 0.1) is 20.3 Å². The van der Waals surface area contributed by atoms with Gasteiger partial charge in [0.25, 0.3) is 5.91 Å². The van der Waals surface area contributed by atoms with Gasteiger partial charge in [-0.2, -0.15) is 0 Å². The van der Waals surface area contributed by atoms with Gasteiger partial charge in [0.2, 0.25) is 0 Å². The third-order valence-corrected chi connectivity index (χ3v) is 4.09. The molecular weight excluding hydrogens is 338 g/mol. The van der Waals surface area contributed by atoms with Crippen molar-refractivity contribution >= 4 is 29.7 Å². The third-order valence-electron chi connectivity index (χ3n) is 3.21. The van der Waals surface area contributed by atoms with Gasteiger partial charge in [0.15, 0.2) is 11.5 Å². The summed E-state index contributed by atoms with van der Waals surface area (Å²) < 4.78 is 10.5. The highest BCUT2D eigenvalue weighted by atomic mass is 35.5. The van der Waals surface area contributed by atoms with E-state index in [1.807, 2.05) is 25.1 Å². The van der Waals surface area contributed by atoms with Gasteiger partial charge < -0.3 is 20.5 Å². The molecular formula is C15H20ClN3O3S. The van der Waals surface area contributed by atoms with E-state index in [1.165, 1.54) is 11.3 Å². The van der Waals surface area contributed by atoms with Crippen molar-refractivity contribution in [3.8, 4) is 11.5 Å². The fourth-order valence-electron chi connectivity index (χ4n) is 1.99. The lowest BCUT2D eigenvalue weighted by molar-refractivity contribution is 0.0935. The Morgan fingerprint density at radius 2 is 2.04 bits per heavy atom. The van der Waals surface area contributed by atoms with E-state index >= 15 is 0 Å². The number of amides is 1. The fourth-order valence-corrected chi connectivity index (χ4v) is 2.64. The zero-order chi connectivity index (χ0) is 16.1. The molecule has 23 heavy (non-hydrogen) atoms. The number of nitrogens with two attached hydrogens (primary N) is 1. The van der Waals surface area contributed by atoms with E-state index in [0.29, 0.717) is 23.7 Å². The van der Waals surface area contributed by atoms with E-state index in [0.717, 1.165) is 10.6 Å². The molecule has 1 amide bonds. The van der Waals surface area contributed by atoms with Gasteiger partial charge >= 0.3 is 0 Å². The Labute approximate surface area is 145 Å². The molecule has 8 heteroatoms. The first-order valence-corrected chi connectivity index (χ1v) is 7.64. The van der Waals surface area contributed by atoms with E-state index in [2.05, 4.69) is 10.3 Å². The molecule has 2 aromatic rings. The Hall–Kier alpha value is -1.83. The molecule has 2 rings (SSSR count). The van der Waals surface area contributed by atoms with Crippen molar-refractivity contribution in [2.75, 3.05) is 14.2 Å². The maximum absolute atomic E-state index is 12.2. The highest BCUT2D eigenvalue weighted by Gasteiger charge is 2.16. The van der Waals surface area contributed by atoms with Crippen molar-refractivity contribution in [3.63, 3.8) is 0 Å². The van der Waals surface area contributed by atoms with Crippen LogP contribution in [0.1, 0.15) is 34.0 Å². The summed E-state index contributed by atoms with van der Waals surface area (Å²) in [4.78, 5) is 16.3. The van der Waals surface area contributed by atoms with Crippen molar-refractivity contribution in [1.29, 1.82) is 0 Å². The summed E-state index contributed by atoms with van der Waals surface area (Å²) in [6.45, 7) is 2.23. The molecule has 6 nitrogen and oxygen atoms in total. The number of hydrogen-bond acceptors (Lipinski definition) is 6. The van der Waals surface area contributed by atoms with Gasteiger partial charge in [-0.1, -0.05) is 6.07 Å². The van der Waals surface area contributed by atoms with Crippen LogP contribution in [0.4, 0.5) is 0 Å². The molecule has 0 aliphatic heterocycles. The Morgan fingerprint density at radius 3 is 2.61 bits per heavy atom. The number of rotatable bonds is 6. The van der Waals surface area contributed by atoms with Crippen molar-refractivity contribution in [1.82, 2.24) is 10.3 Å². The number of carbonyl (C=O) groups is 1. The normalized spacial score (nSPS) is 11.3. The molecule has 0 saturated heterocycles. The lowest BCUT2D eigenvalue weighted by Crippen LogP contribution is -2.27. The number of carbonyl (C=O) groups excluding carboxylic acids is 1. The topological polar surface area (TPSA) is 86.5 Å². The number of halogens is 1. The average molecular weight is 358 g/mol. The first kappa shape index (κ1) is 19.2. The van der Waals surface area contributed by atoms with Crippen LogP contribution in [0.25, 0.3) is 0 Å². The second kappa shape index (κ2) is 8.71. The first-order chi connectivity index (χ1) is 10.6. The minimum Gasteiger partial charge on any atom is -0.493 e. The van der Waals surface area contributed by atoms with Gasteiger partial charge in [-0.15, -0.1) is 23.7 Å². The second-order valence-corrected chi connectivity index (χ2v) is 5.58. The Balaban J connectivity index is 0.00000264. The highest BCUT2D eigenvalue weighted by Crippen LogP contribution is 2.29. The van der Waals surface area contributed by atoms with Gasteiger partial charge in [-0.3, -0.25) is 4.79 Å². The molecule has 0 saturated carbocycles. The Bertz CT molecular complexity index is 663. The standard InChI is InChI=1S/C15H19N3O3S.ClH/c1-9(10-4-5-12(20-2)13(6-10)21-3)17-15(19)11-8-22-14(7-16)18-11;/h4-6,8-9H,7,16H2,1-3H3,(H,17,19);1H. The van der Waals surface area contributed by atoms with Gasteiger partial charge in [-0.25, -0.2) is 4.98 Å². The van der Waals surface area contributed by atoms with Crippen LogP contribution in [0.2, 0.25) is 0 Å². The van der Waals surface area contributed by atoms with Crippen molar-refractivity contribution in [2.24, 2.45) is 5.73 Å². The smallest absolute Gasteiger partial charge is 0.271 e. The number of hydrogen-bond donors (Lipinski definition) is 2. The molecule has 126 valence electrons. The third kappa shape index (κ3) is 4.57.